The fourth-order valence-electron chi connectivity index (χ4n) is 2.03. The maximum Gasteiger partial charge on any atom is 0.232 e. The molecule has 1 fully saturated rings. The maximum absolute atomic E-state index is 6.04. The number of anilines is 2. The number of halogens is 1. The largest absolute Gasteiger partial charge is 0.365 e. The van der Waals surface area contributed by atoms with E-state index in [4.69, 9.17) is 23.8 Å². The highest BCUT2D eigenvalue weighted by Crippen LogP contribution is 2.24. The van der Waals surface area contributed by atoms with Crippen molar-refractivity contribution >= 4 is 40.7 Å². The molecule has 1 aliphatic heterocycles. The fraction of sp³-hybridized carbons (Fsp3) is 0.583. The number of hydrogen-bond donors (Lipinski definition) is 2. The zero-order valence-electron chi connectivity index (χ0n) is 11.1. The second-order valence-electron chi connectivity index (χ2n) is 4.75. The van der Waals surface area contributed by atoms with Gasteiger partial charge in [-0.05, 0) is 31.0 Å². The topological polar surface area (TPSA) is 53.1 Å². The van der Waals surface area contributed by atoms with E-state index in [1.807, 2.05) is 0 Å². The number of thiocarbonyl (C=S) groups is 1. The van der Waals surface area contributed by atoms with E-state index in [9.17, 15) is 0 Å². The third-order valence-electron chi connectivity index (χ3n) is 3.24. The van der Waals surface area contributed by atoms with Crippen LogP contribution in [0.25, 0.3) is 0 Å². The van der Waals surface area contributed by atoms with Gasteiger partial charge in [-0.25, -0.2) is 4.98 Å². The molecule has 104 valence electrons. The average molecular weight is 300 g/mol. The lowest BCUT2D eigenvalue weighted by molar-refractivity contribution is 0.436. The van der Waals surface area contributed by atoms with Gasteiger partial charge in [-0.3, -0.25) is 0 Å². The SMILES string of the molecule is CNC(=S)Nc1nc(Cl)cc(N2CCC(C)CC2)n1. The Bertz CT molecular complexity index is 459. The van der Waals surface area contributed by atoms with Crippen LogP contribution in [0.1, 0.15) is 19.8 Å². The van der Waals surface area contributed by atoms with Crippen LogP contribution in [-0.4, -0.2) is 35.2 Å². The Morgan fingerprint density at radius 3 is 2.74 bits per heavy atom. The summed E-state index contributed by atoms with van der Waals surface area (Å²) in [6.07, 6.45) is 2.36. The van der Waals surface area contributed by atoms with E-state index in [-0.39, 0.29) is 0 Å². The zero-order valence-corrected chi connectivity index (χ0v) is 12.7. The van der Waals surface area contributed by atoms with Crippen molar-refractivity contribution in [2.24, 2.45) is 5.92 Å². The normalized spacial score (nSPS) is 16.3. The summed E-state index contributed by atoms with van der Waals surface area (Å²) in [4.78, 5) is 10.8. The van der Waals surface area contributed by atoms with Crippen molar-refractivity contribution in [2.75, 3.05) is 30.4 Å². The maximum atomic E-state index is 6.04. The van der Waals surface area contributed by atoms with E-state index in [1.165, 1.54) is 12.8 Å². The third-order valence-corrected chi connectivity index (χ3v) is 3.74. The van der Waals surface area contributed by atoms with Crippen molar-refractivity contribution < 1.29 is 0 Å². The third kappa shape index (κ3) is 3.91. The second kappa shape index (κ2) is 6.34. The number of hydrogen-bond acceptors (Lipinski definition) is 4. The first-order valence-corrected chi connectivity index (χ1v) is 7.15. The predicted octanol–water partition coefficient (Wildman–Crippen LogP) is 2.28. The lowest BCUT2D eigenvalue weighted by Crippen LogP contribution is -2.34. The molecule has 1 aromatic heterocycles. The van der Waals surface area contributed by atoms with Crippen LogP contribution in [0.2, 0.25) is 5.15 Å². The Morgan fingerprint density at radius 1 is 1.42 bits per heavy atom. The summed E-state index contributed by atoms with van der Waals surface area (Å²) in [5, 5.41) is 6.62. The summed E-state index contributed by atoms with van der Waals surface area (Å²) in [5.41, 5.74) is 0. The van der Waals surface area contributed by atoms with E-state index >= 15 is 0 Å². The Hall–Kier alpha value is -1.14. The average Bonchev–Trinajstić information content (AvgIpc) is 2.38. The highest BCUT2D eigenvalue weighted by atomic mass is 35.5. The van der Waals surface area contributed by atoms with E-state index in [0.29, 0.717) is 16.2 Å². The number of piperidine rings is 1. The first kappa shape index (κ1) is 14.3. The van der Waals surface area contributed by atoms with Gasteiger partial charge in [0.25, 0.3) is 0 Å². The highest BCUT2D eigenvalue weighted by Gasteiger charge is 2.18. The van der Waals surface area contributed by atoms with Crippen LogP contribution >= 0.6 is 23.8 Å². The van der Waals surface area contributed by atoms with Crippen LogP contribution in [0.5, 0.6) is 0 Å². The van der Waals surface area contributed by atoms with Crippen molar-refractivity contribution in [1.82, 2.24) is 15.3 Å². The van der Waals surface area contributed by atoms with Crippen molar-refractivity contribution in [1.29, 1.82) is 0 Å². The summed E-state index contributed by atoms with van der Waals surface area (Å²) >= 11 is 11.1. The van der Waals surface area contributed by atoms with Crippen molar-refractivity contribution in [3.63, 3.8) is 0 Å². The second-order valence-corrected chi connectivity index (χ2v) is 5.54. The fourth-order valence-corrected chi connectivity index (χ4v) is 2.29. The van der Waals surface area contributed by atoms with Gasteiger partial charge in [0.2, 0.25) is 5.95 Å². The van der Waals surface area contributed by atoms with Crippen LogP contribution in [0.3, 0.4) is 0 Å². The highest BCUT2D eigenvalue weighted by molar-refractivity contribution is 7.80. The molecule has 0 aliphatic carbocycles. The molecule has 0 aromatic carbocycles. The summed E-state index contributed by atoms with van der Waals surface area (Å²) in [5.74, 6) is 2.07. The van der Waals surface area contributed by atoms with E-state index < -0.39 is 0 Å². The van der Waals surface area contributed by atoms with Gasteiger partial charge in [0.1, 0.15) is 11.0 Å². The molecule has 2 heterocycles. The Kier molecular flexibility index (Phi) is 4.76. The molecule has 0 unspecified atom stereocenters. The molecule has 0 bridgehead atoms. The van der Waals surface area contributed by atoms with Crippen molar-refractivity contribution in [2.45, 2.75) is 19.8 Å². The molecule has 0 saturated carbocycles. The van der Waals surface area contributed by atoms with E-state index in [2.05, 4.69) is 32.4 Å². The molecule has 0 atom stereocenters. The monoisotopic (exact) mass is 299 g/mol. The minimum absolute atomic E-state index is 0.421. The smallest absolute Gasteiger partial charge is 0.232 e. The first-order chi connectivity index (χ1) is 9.08. The summed E-state index contributed by atoms with van der Waals surface area (Å²) in [6, 6.07) is 1.80. The van der Waals surface area contributed by atoms with E-state index in [1.54, 1.807) is 13.1 Å². The molecule has 0 spiro atoms. The van der Waals surface area contributed by atoms with Gasteiger partial charge >= 0.3 is 0 Å². The molecular weight excluding hydrogens is 282 g/mol. The molecule has 0 amide bonds. The first-order valence-electron chi connectivity index (χ1n) is 6.36. The predicted molar refractivity (Wildman–Crippen MR) is 82.9 cm³/mol. The molecule has 1 aromatic rings. The summed E-state index contributed by atoms with van der Waals surface area (Å²) < 4.78 is 0. The van der Waals surface area contributed by atoms with Crippen LogP contribution in [0.15, 0.2) is 6.07 Å². The van der Waals surface area contributed by atoms with Gasteiger partial charge in [-0.15, -0.1) is 0 Å². The number of aromatic nitrogens is 2. The summed E-state index contributed by atoms with van der Waals surface area (Å²) in [7, 11) is 1.74. The Labute approximate surface area is 123 Å². The van der Waals surface area contributed by atoms with Crippen LogP contribution in [0.4, 0.5) is 11.8 Å². The van der Waals surface area contributed by atoms with Gasteiger partial charge < -0.3 is 15.5 Å². The number of nitrogens with zero attached hydrogens (tertiary/aromatic N) is 3. The lowest BCUT2D eigenvalue weighted by atomic mass is 9.99. The molecule has 7 heteroatoms. The molecule has 2 N–H and O–H groups in total. The minimum atomic E-state index is 0.421. The van der Waals surface area contributed by atoms with Crippen LogP contribution in [0, 0.1) is 5.92 Å². The van der Waals surface area contributed by atoms with E-state index in [0.717, 1.165) is 24.8 Å². The number of rotatable bonds is 2. The van der Waals surface area contributed by atoms with Crippen molar-refractivity contribution in [3.8, 4) is 0 Å². The molecule has 2 rings (SSSR count). The van der Waals surface area contributed by atoms with Gasteiger partial charge in [-0.1, -0.05) is 18.5 Å². The summed E-state index contributed by atoms with van der Waals surface area (Å²) in [6.45, 7) is 4.29. The minimum Gasteiger partial charge on any atom is -0.365 e. The van der Waals surface area contributed by atoms with Gasteiger partial charge in [0.15, 0.2) is 5.11 Å². The van der Waals surface area contributed by atoms with Gasteiger partial charge in [0, 0.05) is 26.2 Å². The lowest BCUT2D eigenvalue weighted by Gasteiger charge is -2.31. The molecule has 5 nitrogen and oxygen atoms in total. The van der Waals surface area contributed by atoms with Gasteiger partial charge in [-0.2, -0.15) is 4.98 Å². The molecule has 1 saturated heterocycles. The van der Waals surface area contributed by atoms with Crippen LogP contribution < -0.4 is 15.5 Å². The molecule has 0 radical (unpaired) electrons. The number of nitrogens with one attached hydrogen (secondary N) is 2. The quantitative estimate of drug-likeness (QED) is 0.645. The van der Waals surface area contributed by atoms with Gasteiger partial charge in [0.05, 0.1) is 0 Å². The Balaban J connectivity index is 2.14. The Morgan fingerprint density at radius 2 is 2.11 bits per heavy atom. The molecule has 19 heavy (non-hydrogen) atoms. The molecular formula is C12H18ClN5S. The van der Waals surface area contributed by atoms with Crippen molar-refractivity contribution in [3.05, 3.63) is 11.2 Å². The molecule has 1 aliphatic rings. The standard InChI is InChI=1S/C12H18ClN5S/c1-8-3-5-18(6-4-8)10-7-9(13)15-11(16-10)17-12(19)14-2/h7-8H,3-6H2,1-2H3,(H2,14,15,16,17,19). The zero-order chi connectivity index (χ0) is 13.8. The van der Waals surface area contributed by atoms with Crippen LogP contribution in [-0.2, 0) is 0 Å².